The first-order valence-corrected chi connectivity index (χ1v) is 12.4. The predicted molar refractivity (Wildman–Crippen MR) is 135 cm³/mol. The average molecular weight is 501 g/mol. The number of benzene rings is 1. The number of piperidine rings is 1. The van der Waals surface area contributed by atoms with E-state index in [2.05, 4.69) is 36.0 Å². The lowest BCUT2D eigenvalue weighted by Crippen LogP contribution is -2.56. The molecule has 1 aromatic carbocycles. The van der Waals surface area contributed by atoms with E-state index in [9.17, 15) is 14.7 Å². The Kier molecular flexibility index (Phi) is 6.73. The third-order valence-corrected chi connectivity index (χ3v) is 7.44. The van der Waals surface area contributed by atoms with E-state index in [1.807, 2.05) is 37.3 Å². The largest absolute Gasteiger partial charge is 0.465 e. The van der Waals surface area contributed by atoms with E-state index in [4.69, 9.17) is 11.6 Å². The Balaban J connectivity index is 1.54. The number of rotatable bonds is 4. The van der Waals surface area contributed by atoms with E-state index in [1.165, 1.54) is 16.2 Å². The van der Waals surface area contributed by atoms with Crippen LogP contribution < -0.4 is 5.32 Å². The molecule has 1 aromatic heterocycles. The van der Waals surface area contributed by atoms with Crippen LogP contribution in [0.4, 0.5) is 9.93 Å². The van der Waals surface area contributed by atoms with Crippen LogP contribution >= 0.6 is 22.9 Å². The maximum absolute atomic E-state index is 13.4. The monoisotopic (exact) mass is 500 g/mol. The first-order valence-electron chi connectivity index (χ1n) is 11.2. The minimum Gasteiger partial charge on any atom is -0.465 e. The lowest BCUT2D eigenvalue weighted by atomic mass is 9.88. The van der Waals surface area contributed by atoms with Gasteiger partial charge in [-0.25, -0.2) is 9.78 Å². The highest BCUT2D eigenvalue weighted by molar-refractivity contribution is 7.15. The molecule has 2 amide bonds. The molecule has 0 radical (unpaired) electrons. The van der Waals surface area contributed by atoms with Gasteiger partial charge in [0.25, 0.3) is 5.91 Å². The molecular formula is C25H29ClN4O3S. The number of hydrogen-bond acceptors (Lipinski definition) is 5. The molecule has 9 heteroatoms. The zero-order chi connectivity index (χ0) is 24.6. The van der Waals surface area contributed by atoms with Crippen LogP contribution in [0.15, 0.2) is 47.7 Å². The lowest BCUT2D eigenvalue weighted by Gasteiger charge is -2.49. The van der Waals surface area contributed by atoms with Crippen LogP contribution in [0, 0.1) is 6.92 Å². The van der Waals surface area contributed by atoms with Crippen molar-refractivity contribution in [2.24, 2.45) is 0 Å². The number of fused-ring (bicyclic) bond motifs is 1. The van der Waals surface area contributed by atoms with Crippen LogP contribution in [0.25, 0.3) is 0 Å². The number of aryl methyl sites for hydroxylation is 1. The number of thiazole rings is 1. The predicted octanol–water partition coefficient (Wildman–Crippen LogP) is 5.31. The minimum atomic E-state index is -0.914. The van der Waals surface area contributed by atoms with Crippen molar-refractivity contribution in [1.82, 2.24) is 14.8 Å². The molecule has 0 aliphatic carbocycles. The van der Waals surface area contributed by atoms with E-state index in [0.717, 1.165) is 28.1 Å². The highest BCUT2D eigenvalue weighted by Crippen LogP contribution is 2.35. The van der Waals surface area contributed by atoms with Crippen LogP contribution in [0.3, 0.4) is 0 Å². The van der Waals surface area contributed by atoms with Gasteiger partial charge in [0.1, 0.15) is 5.70 Å². The maximum atomic E-state index is 13.4. The molecule has 2 aromatic rings. The van der Waals surface area contributed by atoms with E-state index in [-0.39, 0.29) is 17.5 Å². The summed E-state index contributed by atoms with van der Waals surface area (Å²) in [5.74, 6) is -0.210. The van der Waals surface area contributed by atoms with Crippen molar-refractivity contribution >= 4 is 40.1 Å². The third kappa shape index (κ3) is 5.13. The summed E-state index contributed by atoms with van der Waals surface area (Å²) in [4.78, 5) is 34.0. The molecule has 1 saturated heterocycles. The Morgan fingerprint density at radius 2 is 1.94 bits per heavy atom. The number of carbonyl (C=O) groups excluding carboxylic acids is 1. The first kappa shape index (κ1) is 24.3. The van der Waals surface area contributed by atoms with Gasteiger partial charge < -0.3 is 14.9 Å². The van der Waals surface area contributed by atoms with Crippen molar-refractivity contribution in [3.8, 4) is 0 Å². The molecule has 0 spiro atoms. The van der Waals surface area contributed by atoms with Crippen LogP contribution in [0.5, 0.6) is 0 Å². The number of nitrogens with one attached hydrogen (secondary N) is 1. The van der Waals surface area contributed by atoms with Gasteiger partial charge in [-0.3, -0.25) is 10.1 Å². The molecule has 180 valence electrons. The number of halogens is 1. The summed E-state index contributed by atoms with van der Waals surface area (Å²) >= 11 is 7.47. The fourth-order valence-electron chi connectivity index (χ4n) is 4.53. The summed E-state index contributed by atoms with van der Waals surface area (Å²) in [5.41, 5.74) is 3.28. The summed E-state index contributed by atoms with van der Waals surface area (Å²) in [7, 11) is 0. The van der Waals surface area contributed by atoms with Gasteiger partial charge in [-0.2, -0.15) is 0 Å². The first-order chi connectivity index (χ1) is 16.0. The Bertz CT molecular complexity index is 1160. The normalized spacial score (nSPS) is 18.2. The van der Waals surface area contributed by atoms with Gasteiger partial charge in [-0.05, 0) is 63.5 Å². The summed E-state index contributed by atoms with van der Waals surface area (Å²) in [6, 6.07) is 7.71. The van der Waals surface area contributed by atoms with Gasteiger partial charge in [0.2, 0.25) is 0 Å². The van der Waals surface area contributed by atoms with Gasteiger partial charge in [-0.15, -0.1) is 11.3 Å². The van der Waals surface area contributed by atoms with Crippen molar-refractivity contribution < 1.29 is 14.7 Å². The molecule has 7 nitrogen and oxygen atoms in total. The standard InChI is InChI=1S/C25H29ClN4O3S/c1-15-21(13-16-5-8-18(26)9-6-16)34-23(27-15)28-22(31)20-10-7-17-14-29(24(32)33)12-11-19(17)30(20)25(2,3)4/h5-10,19H,11-14H2,1-4H3,(H,32,33)(H,27,28,31). The number of amides is 2. The molecule has 2 aliphatic rings. The fraction of sp³-hybridized carbons (Fsp3) is 0.400. The third-order valence-electron chi connectivity index (χ3n) is 6.12. The molecular weight excluding hydrogens is 472 g/mol. The maximum Gasteiger partial charge on any atom is 0.407 e. The fourth-order valence-corrected chi connectivity index (χ4v) is 5.65. The Labute approximate surface area is 208 Å². The van der Waals surface area contributed by atoms with E-state index < -0.39 is 6.09 Å². The molecule has 2 N–H and O–H groups in total. The van der Waals surface area contributed by atoms with Crippen molar-refractivity contribution in [3.05, 3.63) is 68.8 Å². The van der Waals surface area contributed by atoms with Crippen LogP contribution in [0.2, 0.25) is 5.02 Å². The number of nitrogens with zero attached hydrogens (tertiary/aromatic N) is 3. The van der Waals surface area contributed by atoms with Gasteiger partial charge in [-0.1, -0.05) is 29.8 Å². The van der Waals surface area contributed by atoms with Gasteiger partial charge >= 0.3 is 6.09 Å². The number of aromatic nitrogens is 1. The zero-order valence-electron chi connectivity index (χ0n) is 19.8. The van der Waals surface area contributed by atoms with Crippen molar-refractivity contribution in [2.75, 3.05) is 18.4 Å². The van der Waals surface area contributed by atoms with Crippen LogP contribution in [-0.2, 0) is 11.2 Å². The SMILES string of the molecule is Cc1nc(NC(=O)C2=CC=C3CN(C(=O)O)CCC3N2C(C)(C)C)sc1Cc1ccc(Cl)cc1. The van der Waals surface area contributed by atoms with Crippen LogP contribution in [0.1, 0.15) is 43.3 Å². The summed E-state index contributed by atoms with van der Waals surface area (Å²) < 4.78 is 0. The number of likely N-dealkylation sites (tertiary alicyclic amines) is 1. The molecule has 1 atom stereocenters. The Morgan fingerprint density at radius 3 is 2.59 bits per heavy atom. The van der Waals surface area contributed by atoms with E-state index >= 15 is 0 Å². The van der Waals surface area contributed by atoms with Gasteiger partial charge in [0, 0.05) is 34.9 Å². The number of carbonyl (C=O) groups is 2. The van der Waals surface area contributed by atoms with Crippen molar-refractivity contribution in [3.63, 3.8) is 0 Å². The number of allylic oxidation sites excluding steroid dienone is 2. The molecule has 0 bridgehead atoms. The summed E-state index contributed by atoms with van der Waals surface area (Å²) in [5, 5.41) is 13.6. The lowest BCUT2D eigenvalue weighted by molar-refractivity contribution is -0.115. The second-order valence-corrected chi connectivity index (χ2v) is 11.1. The zero-order valence-corrected chi connectivity index (χ0v) is 21.3. The molecule has 4 rings (SSSR count). The highest BCUT2D eigenvalue weighted by atomic mass is 35.5. The summed E-state index contributed by atoms with van der Waals surface area (Å²) in [6.45, 7) is 8.95. The molecule has 1 fully saturated rings. The average Bonchev–Trinajstić information content (AvgIpc) is 3.11. The highest BCUT2D eigenvalue weighted by Gasteiger charge is 2.40. The molecule has 34 heavy (non-hydrogen) atoms. The van der Waals surface area contributed by atoms with E-state index in [1.54, 1.807) is 6.08 Å². The topological polar surface area (TPSA) is 85.8 Å². The van der Waals surface area contributed by atoms with Gasteiger partial charge in [0.05, 0.1) is 11.7 Å². The molecule has 2 aliphatic heterocycles. The summed E-state index contributed by atoms with van der Waals surface area (Å²) in [6.07, 6.45) is 4.15. The second kappa shape index (κ2) is 9.43. The number of carboxylic acid groups (broad SMARTS) is 1. The molecule has 3 heterocycles. The van der Waals surface area contributed by atoms with E-state index in [0.29, 0.717) is 35.4 Å². The van der Waals surface area contributed by atoms with Crippen LogP contribution in [-0.4, -0.2) is 56.6 Å². The smallest absolute Gasteiger partial charge is 0.407 e. The van der Waals surface area contributed by atoms with Gasteiger partial charge in [0.15, 0.2) is 5.13 Å². The van der Waals surface area contributed by atoms with Crippen molar-refractivity contribution in [1.29, 1.82) is 0 Å². The molecule has 0 saturated carbocycles. The second-order valence-electron chi connectivity index (χ2n) is 9.63. The molecule has 1 unspecified atom stereocenters. The minimum absolute atomic E-state index is 0.0140. The number of hydrogen-bond donors (Lipinski definition) is 2. The number of anilines is 1. The quantitative estimate of drug-likeness (QED) is 0.594. The van der Waals surface area contributed by atoms with Crippen molar-refractivity contribution in [2.45, 2.75) is 52.1 Å². The Hall–Kier alpha value is -2.84. The Morgan fingerprint density at radius 1 is 1.24 bits per heavy atom.